The molecule has 1 heterocycles. The van der Waals surface area contributed by atoms with Crippen molar-refractivity contribution in [3.8, 4) is 11.4 Å². The summed E-state index contributed by atoms with van der Waals surface area (Å²) in [6.07, 6.45) is 5.29. The molecule has 106 valence electrons. The SMILES string of the molecule is CC1CCCCC1Cn1nnnc1-c1ccc(N)cc1. The van der Waals surface area contributed by atoms with Crippen LogP contribution in [0.25, 0.3) is 11.4 Å². The number of benzene rings is 1. The van der Waals surface area contributed by atoms with E-state index in [0.717, 1.165) is 29.5 Å². The molecule has 1 fully saturated rings. The van der Waals surface area contributed by atoms with Crippen molar-refractivity contribution in [3.63, 3.8) is 0 Å². The number of rotatable bonds is 3. The predicted octanol–water partition coefficient (Wildman–Crippen LogP) is 2.75. The Balaban J connectivity index is 1.81. The zero-order chi connectivity index (χ0) is 13.9. The maximum Gasteiger partial charge on any atom is 0.182 e. The van der Waals surface area contributed by atoms with Gasteiger partial charge in [-0.2, -0.15) is 0 Å². The first-order valence-electron chi connectivity index (χ1n) is 7.36. The van der Waals surface area contributed by atoms with Crippen LogP contribution in [-0.2, 0) is 6.54 Å². The molecule has 1 saturated carbocycles. The zero-order valence-electron chi connectivity index (χ0n) is 11.9. The highest BCUT2D eigenvalue weighted by Gasteiger charge is 2.23. The minimum Gasteiger partial charge on any atom is -0.399 e. The van der Waals surface area contributed by atoms with Gasteiger partial charge in [0.2, 0.25) is 0 Å². The molecular weight excluding hydrogens is 250 g/mol. The number of nitrogens with two attached hydrogens (primary N) is 1. The van der Waals surface area contributed by atoms with Crippen molar-refractivity contribution in [1.82, 2.24) is 20.2 Å². The van der Waals surface area contributed by atoms with Gasteiger partial charge in [0.15, 0.2) is 5.82 Å². The van der Waals surface area contributed by atoms with Crippen LogP contribution in [0.1, 0.15) is 32.6 Å². The molecule has 0 spiro atoms. The summed E-state index contributed by atoms with van der Waals surface area (Å²) in [5.74, 6) is 2.27. The lowest BCUT2D eigenvalue weighted by molar-refractivity contribution is 0.221. The highest BCUT2D eigenvalue weighted by Crippen LogP contribution is 2.31. The summed E-state index contributed by atoms with van der Waals surface area (Å²) in [4.78, 5) is 0. The summed E-state index contributed by atoms with van der Waals surface area (Å²) in [5, 5.41) is 12.2. The lowest BCUT2D eigenvalue weighted by Gasteiger charge is -2.28. The first-order valence-corrected chi connectivity index (χ1v) is 7.36. The number of hydrogen-bond donors (Lipinski definition) is 1. The fourth-order valence-corrected chi connectivity index (χ4v) is 3.05. The normalized spacial score (nSPS) is 22.9. The average Bonchev–Trinajstić information content (AvgIpc) is 2.90. The van der Waals surface area contributed by atoms with Crippen LogP contribution < -0.4 is 5.73 Å². The van der Waals surface area contributed by atoms with Crippen molar-refractivity contribution in [3.05, 3.63) is 24.3 Å². The summed E-state index contributed by atoms with van der Waals surface area (Å²) < 4.78 is 1.94. The smallest absolute Gasteiger partial charge is 0.182 e. The average molecular weight is 271 g/mol. The van der Waals surface area contributed by atoms with E-state index >= 15 is 0 Å². The van der Waals surface area contributed by atoms with Crippen molar-refractivity contribution >= 4 is 5.69 Å². The van der Waals surface area contributed by atoms with Gasteiger partial charge in [-0.3, -0.25) is 0 Å². The summed E-state index contributed by atoms with van der Waals surface area (Å²) >= 11 is 0. The summed E-state index contributed by atoms with van der Waals surface area (Å²) in [5.41, 5.74) is 7.51. The number of nitrogen functional groups attached to an aromatic ring is 1. The Bertz CT molecular complexity index is 560. The van der Waals surface area contributed by atoms with Crippen LogP contribution >= 0.6 is 0 Å². The maximum atomic E-state index is 5.73. The van der Waals surface area contributed by atoms with Crippen molar-refractivity contribution in [1.29, 1.82) is 0 Å². The van der Waals surface area contributed by atoms with E-state index in [1.165, 1.54) is 25.7 Å². The lowest BCUT2D eigenvalue weighted by atomic mass is 9.80. The van der Waals surface area contributed by atoms with Crippen molar-refractivity contribution < 1.29 is 0 Å². The van der Waals surface area contributed by atoms with Crippen LogP contribution in [-0.4, -0.2) is 20.2 Å². The molecule has 0 aliphatic heterocycles. The Labute approximate surface area is 119 Å². The molecular formula is C15H21N5. The van der Waals surface area contributed by atoms with Gasteiger partial charge in [0.1, 0.15) is 0 Å². The molecule has 20 heavy (non-hydrogen) atoms. The van der Waals surface area contributed by atoms with E-state index in [9.17, 15) is 0 Å². The summed E-state index contributed by atoms with van der Waals surface area (Å²) in [6.45, 7) is 3.25. The van der Waals surface area contributed by atoms with Crippen LogP contribution in [0.15, 0.2) is 24.3 Å². The van der Waals surface area contributed by atoms with E-state index in [0.29, 0.717) is 5.92 Å². The van der Waals surface area contributed by atoms with Crippen LogP contribution in [0.3, 0.4) is 0 Å². The molecule has 0 radical (unpaired) electrons. The molecule has 0 amide bonds. The minimum atomic E-state index is 0.680. The maximum absolute atomic E-state index is 5.73. The zero-order valence-corrected chi connectivity index (χ0v) is 11.9. The van der Waals surface area contributed by atoms with Crippen molar-refractivity contribution in [2.75, 3.05) is 5.73 Å². The largest absolute Gasteiger partial charge is 0.399 e. The quantitative estimate of drug-likeness (QED) is 0.871. The molecule has 0 bridgehead atoms. The van der Waals surface area contributed by atoms with Gasteiger partial charge in [-0.25, -0.2) is 4.68 Å². The topological polar surface area (TPSA) is 69.6 Å². The third kappa shape index (κ3) is 2.66. The molecule has 1 aliphatic rings. The van der Waals surface area contributed by atoms with Crippen LogP contribution in [0, 0.1) is 11.8 Å². The summed E-state index contributed by atoms with van der Waals surface area (Å²) in [6, 6.07) is 7.72. The van der Waals surface area contributed by atoms with E-state index in [4.69, 9.17) is 5.73 Å². The number of aromatic nitrogens is 4. The summed E-state index contributed by atoms with van der Waals surface area (Å²) in [7, 11) is 0. The highest BCUT2D eigenvalue weighted by atomic mass is 15.5. The van der Waals surface area contributed by atoms with E-state index in [1.54, 1.807) is 0 Å². The highest BCUT2D eigenvalue weighted by molar-refractivity contribution is 5.58. The Morgan fingerprint density at radius 1 is 1.20 bits per heavy atom. The van der Waals surface area contributed by atoms with Crippen LogP contribution in [0.2, 0.25) is 0 Å². The molecule has 2 atom stereocenters. The second-order valence-corrected chi connectivity index (χ2v) is 5.83. The second kappa shape index (κ2) is 5.61. The molecule has 1 aromatic heterocycles. The number of hydrogen-bond acceptors (Lipinski definition) is 4. The van der Waals surface area contributed by atoms with Crippen molar-refractivity contribution in [2.24, 2.45) is 11.8 Å². The van der Waals surface area contributed by atoms with Gasteiger partial charge in [0, 0.05) is 17.8 Å². The van der Waals surface area contributed by atoms with Gasteiger partial charge >= 0.3 is 0 Å². The third-order valence-corrected chi connectivity index (χ3v) is 4.40. The fourth-order valence-electron chi connectivity index (χ4n) is 3.05. The Hall–Kier alpha value is -1.91. The number of anilines is 1. The molecule has 3 rings (SSSR count). The molecule has 2 aromatic rings. The first-order chi connectivity index (χ1) is 9.74. The fraction of sp³-hybridized carbons (Fsp3) is 0.533. The van der Waals surface area contributed by atoms with Crippen LogP contribution in [0.4, 0.5) is 5.69 Å². The van der Waals surface area contributed by atoms with Gasteiger partial charge in [0.05, 0.1) is 0 Å². The molecule has 0 saturated heterocycles. The van der Waals surface area contributed by atoms with Crippen molar-refractivity contribution in [2.45, 2.75) is 39.2 Å². The van der Waals surface area contributed by atoms with Gasteiger partial charge < -0.3 is 5.73 Å². The first kappa shape index (κ1) is 13.1. The van der Waals surface area contributed by atoms with Gasteiger partial charge in [0.25, 0.3) is 0 Å². The van der Waals surface area contributed by atoms with E-state index < -0.39 is 0 Å². The molecule has 2 N–H and O–H groups in total. The van der Waals surface area contributed by atoms with Crippen LogP contribution in [0.5, 0.6) is 0 Å². The van der Waals surface area contributed by atoms with Gasteiger partial charge in [-0.15, -0.1) is 5.10 Å². The van der Waals surface area contributed by atoms with Gasteiger partial charge in [-0.1, -0.05) is 26.2 Å². The molecule has 5 heteroatoms. The second-order valence-electron chi connectivity index (χ2n) is 5.83. The Kier molecular flexibility index (Phi) is 3.67. The van der Waals surface area contributed by atoms with E-state index in [-0.39, 0.29) is 0 Å². The molecule has 2 unspecified atom stereocenters. The predicted molar refractivity (Wildman–Crippen MR) is 78.8 cm³/mol. The Morgan fingerprint density at radius 2 is 1.95 bits per heavy atom. The van der Waals surface area contributed by atoms with E-state index in [1.807, 2.05) is 28.9 Å². The lowest BCUT2D eigenvalue weighted by Crippen LogP contribution is -2.23. The monoisotopic (exact) mass is 271 g/mol. The Morgan fingerprint density at radius 3 is 2.70 bits per heavy atom. The third-order valence-electron chi connectivity index (χ3n) is 4.40. The minimum absolute atomic E-state index is 0.680. The molecule has 1 aromatic carbocycles. The number of tetrazole rings is 1. The standard InChI is InChI=1S/C15H21N5/c1-11-4-2-3-5-13(11)10-20-15(17-18-19-20)12-6-8-14(16)9-7-12/h6-9,11,13H,2-5,10,16H2,1H3. The molecule has 1 aliphatic carbocycles. The molecule has 5 nitrogen and oxygen atoms in total. The van der Waals surface area contributed by atoms with E-state index in [2.05, 4.69) is 22.4 Å². The number of nitrogens with zero attached hydrogens (tertiary/aromatic N) is 4. The van der Waals surface area contributed by atoms with Gasteiger partial charge in [-0.05, 0) is 52.9 Å².